The Morgan fingerprint density at radius 3 is 2.81 bits per heavy atom. The van der Waals surface area contributed by atoms with E-state index in [0.717, 1.165) is 47.8 Å². The van der Waals surface area contributed by atoms with E-state index >= 15 is 0 Å². The third-order valence-corrected chi connectivity index (χ3v) is 7.24. The van der Waals surface area contributed by atoms with Crippen molar-refractivity contribution in [3.8, 4) is 0 Å². The molecule has 7 heteroatoms. The van der Waals surface area contributed by atoms with Crippen molar-refractivity contribution in [1.82, 2.24) is 4.98 Å². The number of thiophene rings is 1. The first-order valence-electron chi connectivity index (χ1n) is 9.10. The molecule has 26 heavy (non-hydrogen) atoms. The molecule has 4 atom stereocenters. The summed E-state index contributed by atoms with van der Waals surface area (Å²) < 4.78 is 1.12. The Labute approximate surface area is 155 Å². The second-order valence-corrected chi connectivity index (χ2v) is 8.65. The third-order valence-electron chi connectivity index (χ3n) is 6.32. The largest absolute Gasteiger partial charge is 0.481 e. The van der Waals surface area contributed by atoms with Gasteiger partial charge < -0.3 is 14.9 Å². The fourth-order valence-electron chi connectivity index (χ4n) is 4.63. The zero-order valence-corrected chi connectivity index (χ0v) is 15.4. The van der Waals surface area contributed by atoms with E-state index in [9.17, 15) is 4.79 Å². The number of nitrogens with zero attached hydrogens (tertiary/aromatic N) is 4. The molecule has 0 aromatic carbocycles. The number of aromatic nitrogens is 1. The van der Waals surface area contributed by atoms with Crippen molar-refractivity contribution in [3.05, 3.63) is 22.9 Å². The molecule has 134 valence electrons. The maximum absolute atomic E-state index is 10.9. The van der Waals surface area contributed by atoms with Crippen LogP contribution >= 0.6 is 11.3 Å². The first-order chi connectivity index (χ1) is 12.6. The molecule has 1 unspecified atom stereocenters. The highest BCUT2D eigenvalue weighted by atomic mass is 32.1. The van der Waals surface area contributed by atoms with Crippen molar-refractivity contribution in [2.75, 3.05) is 29.4 Å². The fraction of sp³-hybridized carbons (Fsp3) is 0.526. The Morgan fingerprint density at radius 1 is 1.46 bits per heavy atom. The number of carboxylic acids is 1. The summed E-state index contributed by atoms with van der Waals surface area (Å²) in [6.07, 6.45) is 1.46. The minimum atomic E-state index is -0.685. The summed E-state index contributed by atoms with van der Waals surface area (Å²) in [5.74, 6) is 2.58. The summed E-state index contributed by atoms with van der Waals surface area (Å²) in [6, 6.07) is 2.57. The van der Waals surface area contributed by atoms with Gasteiger partial charge in [0.1, 0.15) is 11.6 Å². The molecule has 3 fully saturated rings. The summed E-state index contributed by atoms with van der Waals surface area (Å²) in [4.78, 5) is 24.2. The van der Waals surface area contributed by atoms with Crippen LogP contribution in [0.2, 0.25) is 0 Å². The molecular weight excluding hydrogens is 348 g/mol. The lowest BCUT2D eigenvalue weighted by Crippen LogP contribution is -2.46. The number of fused-ring (bicyclic) bond motifs is 2. The topological polar surface area (TPSA) is 61.0 Å². The molecule has 0 spiro atoms. The molecule has 3 aliphatic rings. The monoisotopic (exact) mass is 368 g/mol. The van der Waals surface area contributed by atoms with E-state index < -0.39 is 5.97 Å². The van der Waals surface area contributed by atoms with Crippen molar-refractivity contribution in [2.45, 2.75) is 25.8 Å². The predicted octanol–water partition coefficient (Wildman–Crippen LogP) is 3.60. The van der Waals surface area contributed by atoms with Gasteiger partial charge in [-0.05, 0) is 42.5 Å². The summed E-state index contributed by atoms with van der Waals surface area (Å²) in [5, 5.41) is 11.9. The number of aliphatic carboxylic acids is 1. The van der Waals surface area contributed by atoms with E-state index in [1.165, 1.54) is 0 Å². The molecule has 0 bridgehead atoms. The van der Waals surface area contributed by atoms with Gasteiger partial charge >= 0.3 is 5.97 Å². The quantitative estimate of drug-likeness (QED) is 0.836. The summed E-state index contributed by atoms with van der Waals surface area (Å²) in [7, 11) is 0. The maximum Gasteiger partial charge on any atom is 0.303 e. The SMILES string of the molecule is [C-]#[N+]c1csc2cc(N3C[C@@H]4C(CC(=O)O)[C@@H]4C3)nc(N3CC[C@@H]3C)c12. The summed E-state index contributed by atoms with van der Waals surface area (Å²) >= 11 is 1.62. The normalized spacial score (nSPS) is 29.4. The van der Waals surface area contributed by atoms with Gasteiger partial charge in [0.25, 0.3) is 0 Å². The number of rotatable bonds is 4. The van der Waals surface area contributed by atoms with E-state index in [-0.39, 0.29) is 0 Å². The van der Waals surface area contributed by atoms with Crippen molar-refractivity contribution in [2.24, 2.45) is 17.8 Å². The lowest BCUT2D eigenvalue weighted by Gasteiger charge is -2.40. The van der Waals surface area contributed by atoms with Gasteiger partial charge in [-0.1, -0.05) is 0 Å². The number of pyridine rings is 1. The number of hydrogen-bond acceptors (Lipinski definition) is 5. The van der Waals surface area contributed by atoms with Gasteiger partial charge in [-0.15, -0.1) is 0 Å². The zero-order chi connectivity index (χ0) is 18.0. The number of carbonyl (C=O) groups is 1. The van der Waals surface area contributed by atoms with Gasteiger partial charge in [0.2, 0.25) is 5.69 Å². The molecule has 0 radical (unpaired) electrons. The van der Waals surface area contributed by atoms with E-state index in [0.29, 0.717) is 35.9 Å². The highest BCUT2D eigenvalue weighted by Crippen LogP contribution is 2.54. The third kappa shape index (κ3) is 2.28. The van der Waals surface area contributed by atoms with E-state index in [1.54, 1.807) is 11.3 Å². The van der Waals surface area contributed by atoms with Gasteiger partial charge in [0, 0.05) is 42.2 Å². The van der Waals surface area contributed by atoms with Gasteiger partial charge in [0.15, 0.2) is 0 Å². The van der Waals surface area contributed by atoms with Crippen LogP contribution in [0.25, 0.3) is 14.9 Å². The molecule has 5 rings (SSSR count). The number of piperidine rings is 1. The van der Waals surface area contributed by atoms with Crippen molar-refractivity contribution >= 4 is 44.7 Å². The highest BCUT2D eigenvalue weighted by molar-refractivity contribution is 7.18. The average molecular weight is 368 g/mol. The van der Waals surface area contributed by atoms with Gasteiger partial charge in [-0.25, -0.2) is 9.83 Å². The molecule has 2 aromatic rings. The lowest BCUT2D eigenvalue weighted by atomic mass is 10.0. The van der Waals surface area contributed by atoms with Crippen LogP contribution in [-0.4, -0.2) is 41.7 Å². The molecule has 1 N–H and O–H groups in total. The molecule has 2 aliphatic heterocycles. The van der Waals surface area contributed by atoms with E-state index in [4.69, 9.17) is 16.7 Å². The smallest absolute Gasteiger partial charge is 0.303 e. The molecule has 4 heterocycles. The zero-order valence-electron chi connectivity index (χ0n) is 14.6. The average Bonchev–Trinajstić information content (AvgIpc) is 2.99. The van der Waals surface area contributed by atoms with Crippen LogP contribution in [0, 0.1) is 24.3 Å². The lowest BCUT2D eigenvalue weighted by molar-refractivity contribution is -0.137. The van der Waals surface area contributed by atoms with Crippen LogP contribution in [0.3, 0.4) is 0 Å². The van der Waals surface area contributed by atoms with E-state index in [2.05, 4.69) is 27.6 Å². The van der Waals surface area contributed by atoms with Crippen molar-refractivity contribution in [1.29, 1.82) is 0 Å². The molecule has 0 amide bonds. The van der Waals surface area contributed by atoms with Crippen LogP contribution < -0.4 is 9.80 Å². The first kappa shape index (κ1) is 15.9. The molecule has 6 nitrogen and oxygen atoms in total. The molecule has 1 aliphatic carbocycles. The minimum Gasteiger partial charge on any atom is -0.481 e. The second-order valence-electron chi connectivity index (χ2n) is 7.74. The summed E-state index contributed by atoms with van der Waals surface area (Å²) in [5.41, 5.74) is 0.698. The Morgan fingerprint density at radius 2 is 2.23 bits per heavy atom. The second kappa shape index (κ2) is 5.58. The minimum absolute atomic E-state index is 0.297. The van der Waals surface area contributed by atoms with Gasteiger partial charge in [-0.2, -0.15) is 11.3 Å². The molecule has 1 saturated carbocycles. The fourth-order valence-corrected chi connectivity index (χ4v) is 5.53. The molecule has 2 saturated heterocycles. The molecular formula is C19H20N4O2S. The highest BCUT2D eigenvalue weighted by Gasteiger charge is 2.56. The number of hydrogen-bond donors (Lipinski definition) is 1. The van der Waals surface area contributed by atoms with E-state index in [1.807, 2.05) is 5.38 Å². The number of carboxylic acid groups (broad SMARTS) is 1. The Hall–Kier alpha value is -2.33. The van der Waals surface area contributed by atoms with Crippen LogP contribution in [0.4, 0.5) is 17.3 Å². The van der Waals surface area contributed by atoms with Gasteiger partial charge in [-0.3, -0.25) is 4.79 Å². The number of anilines is 2. The summed E-state index contributed by atoms with van der Waals surface area (Å²) in [6.45, 7) is 12.5. The standard InChI is InChI=1S/C19H20N4O2S/c1-10-3-4-23(10)19-18-14(20-2)9-26-15(18)6-16(21-19)22-7-12-11(5-17(24)25)13(12)8-22/h6,9-13H,3-5,7-8H2,1H3,(H,24,25)/t10-,11?,12-,13+/m0/s1. The van der Waals surface area contributed by atoms with Crippen LogP contribution in [0.5, 0.6) is 0 Å². The maximum atomic E-state index is 10.9. The Kier molecular flexibility index (Phi) is 3.41. The van der Waals surface area contributed by atoms with Crippen LogP contribution in [0.15, 0.2) is 11.4 Å². The van der Waals surface area contributed by atoms with Gasteiger partial charge in [0.05, 0.1) is 6.57 Å². The van der Waals surface area contributed by atoms with Crippen LogP contribution in [-0.2, 0) is 4.79 Å². The predicted molar refractivity (Wildman–Crippen MR) is 102 cm³/mol. The molecule has 2 aromatic heterocycles. The first-order valence-corrected chi connectivity index (χ1v) is 9.98. The van der Waals surface area contributed by atoms with Crippen molar-refractivity contribution in [3.63, 3.8) is 0 Å². The van der Waals surface area contributed by atoms with Crippen molar-refractivity contribution < 1.29 is 9.90 Å². The Bertz CT molecular complexity index is 937. The Balaban J connectivity index is 1.47. The van der Waals surface area contributed by atoms with Crippen LogP contribution in [0.1, 0.15) is 19.8 Å².